The Morgan fingerprint density at radius 2 is 1.50 bits per heavy atom. The largest absolute Gasteiger partial charge is 0.460 e. The molecule has 4 N–H and O–H groups in total. The minimum atomic E-state index is -4.41. The summed E-state index contributed by atoms with van der Waals surface area (Å²) in [5, 5.41) is 0. The third kappa shape index (κ3) is 15.0. The van der Waals surface area contributed by atoms with Crippen molar-refractivity contribution in [1.29, 1.82) is 0 Å². The van der Waals surface area contributed by atoms with Gasteiger partial charge in [-0.25, -0.2) is 8.98 Å². The lowest BCUT2D eigenvalue weighted by atomic mass is 10.4. The summed E-state index contributed by atoms with van der Waals surface area (Å²) in [6, 6.07) is 0. The molecule has 0 unspecified atom stereocenters. The van der Waals surface area contributed by atoms with E-state index in [1.807, 2.05) is 0 Å². The van der Waals surface area contributed by atoms with Gasteiger partial charge in [-0.1, -0.05) is 6.58 Å². The van der Waals surface area contributed by atoms with Crippen molar-refractivity contribution in [3.8, 4) is 0 Å². The SMILES string of the molecule is C=C(C)C(=O)OCCOCCOCCOS(=O)(=O)O.N. The van der Waals surface area contributed by atoms with Crippen molar-refractivity contribution in [2.45, 2.75) is 6.92 Å². The summed E-state index contributed by atoms with van der Waals surface area (Å²) >= 11 is 0. The van der Waals surface area contributed by atoms with Crippen LogP contribution >= 0.6 is 0 Å². The molecule has 0 aliphatic rings. The molecule has 120 valence electrons. The first-order chi connectivity index (χ1) is 8.83. The van der Waals surface area contributed by atoms with Gasteiger partial charge in [-0.15, -0.1) is 0 Å². The van der Waals surface area contributed by atoms with Gasteiger partial charge in [0.05, 0.1) is 33.0 Å². The molecule has 10 heteroatoms. The van der Waals surface area contributed by atoms with Crippen LogP contribution in [0.2, 0.25) is 0 Å². The minimum Gasteiger partial charge on any atom is -0.460 e. The maximum Gasteiger partial charge on any atom is 0.397 e. The summed E-state index contributed by atoms with van der Waals surface area (Å²) in [4.78, 5) is 10.9. The van der Waals surface area contributed by atoms with E-state index in [1.54, 1.807) is 6.92 Å². The highest BCUT2D eigenvalue weighted by molar-refractivity contribution is 7.80. The van der Waals surface area contributed by atoms with E-state index in [2.05, 4.69) is 10.8 Å². The van der Waals surface area contributed by atoms with Gasteiger partial charge in [0.2, 0.25) is 0 Å². The van der Waals surface area contributed by atoms with E-state index >= 15 is 0 Å². The van der Waals surface area contributed by atoms with Crippen molar-refractivity contribution in [2.75, 3.05) is 39.6 Å². The fourth-order valence-corrected chi connectivity index (χ4v) is 1.12. The van der Waals surface area contributed by atoms with E-state index in [1.165, 1.54) is 0 Å². The average Bonchev–Trinajstić information content (AvgIpc) is 2.29. The summed E-state index contributed by atoms with van der Waals surface area (Å²) in [5.74, 6) is -0.470. The topological polar surface area (TPSA) is 143 Å². The number of ether oxygens (including phenoxy) is 3. The predicted molar refractivity (Wildman–Crippen MR) is 69.9 cm³/mol. The Morgan fingerprint density at radius 1 is 1.05 bits per heavy atom. The van der Waals surface area contributed by atoms with Gasteiger partial charge in [0, 0.05) is 5.57 Å². The molecule has 0 saturated heterocycles. The molecule has 9 nitrogen and oxygen atoms in total. The summed E-state index contributed by atoms with van der Waals surface area (Å²) in [6.45, 7) is 5.54. The third-order valence-electron chi connectivity index (χ3n) is 1.64. The Kier molecular flexibility index (Phi) is 12.5. The van der Waals surface area contributed by atoms with Crippen LogP contribution in [0.3, 0.4) is 0 Å². The summed E-state index contributed by atoms with van der Waals surface area (Å²) in [7, 11) is -4.41. The van der Waals surface area contributed by atoms with Gasteiger partial charge < -0.3 is 20.4 Å². The number of rotatable bonds is 11. The number of hydrogen-bond acceptors (Lipinski definition) is 8. The van der Waals surface area contributed by atoms with Crippen molar-refractivity contribution in [3.63, 3.8) is 0 Å². The van der Waals surface area contributed by atoms with E-state index in [4.69, 9.17) is 18.8 Å². The first-order valence-corrected chi connectivity index (χ1v) is 6.79. The fraction of sp³-hybridized carbons (Fsp3) is 0.700. The van der Waals surface area contributed by atoms with Crippen molar-refractivity contribution in [3.05, 3.63) is 12.2 Å². The first kappa shape index (κ1) is 21.3. The quantitative estimate of drug-likeness (QED) is 0.235. The van der Waals surface area contributed by atoms with Gasteiger partial charge in [0.15, 0.2) is 0 Å². The second kappa shape index (κ2) is 11.8. The van der Waals surface area contributed by atoms with Crippen LogP contribution in [0.4, 0.5) is 0 Å². The standard InChI is InChI=1S/C10H18O8S.H3N/c1-9(2)10(11)17-7-5-15-3-4-16-6-8-18-19(12,13)14;/h1,3-8H2,2H3,(H,12,13,14);1H3. The van der Waals surface area contributed by atoms with Crippen LogP contribution in [0, 0.1) is 0 Å². The Balaban J connectivity index is 0. The molecule has 0 bridgehead atoms. The highest BCUT2D eigenvalue weighted by Crippen LogP contribution is 1.91. The molecule has 0 spiro atoms. The summed E-state index contributed by atoms with van der Waals surface area (Å²) in [6.07, 6.45) is 0. The van der Waals surface area contributed by atoms with Gasteiger partial charge in [-0.3, -0.25) is 4.55 Å². The van der Waals surface area contributed by atoms with Crippen LogP contribution in [0.1, 0.15) is 6.92 Å². The zero-order chi connectivity index (χ0) is 14.7. The molecule has 0 amide bonds. The molecule has 0 radical (unpaired) electrons. The second-order valence-electron chi connectivity index (χ2n) is 3.39. The van der Waals surface area contributed by atoms with Crippen molar-refractivity contribution in [1.82, 2.24) is 6.15 Å². The van der Waals surface area contributed by atoms with Crippen LogP contribution in [-0.2, 0) is 33.6 Å². The average molecular weight is 315 g/mol. The van der Waals surface area contributed by atoms with Gasteiger partial charge in [0.1, 0.15) is 6.61 Å². The Bertz CT molecular complexity index is 381. The van der Waals surface area contributed by atoms with E-state index in [-0.39, 0.29) is 45.8 Å². The van der Waals surface area contributed by atoms with Crippen molar-refractivity contribution < 1.29 is 36.2 Å². The Morgan fingerprint density at radius 3 is 1.95 bits per heavy atom. The van der Waals surface area contributed by atoms with Gasteiger partial charge in [-0.05, 0) is 6.92 Å². The zero-order valence-electron chi connectivity index (χ0n) is 11.4. The fourth-order valence-electron chi connectivity index (χ4n) is 0.837. The van der Waals surface area contributed by atoms with Crippen LogP contribution in [-0.4, -0.2) is 58.6 Å². The van der Waals surface area contributed by atoms with Crippen molar-refractivity contribution in [2.24, 2.45) is 0 Å². The zero-order valence-corrected chi connectivity index (χ0v) is 12.2. The molecule has 0 heterocycles. The Hall–Kier alpha value is -1.04. The van der Waals surface area contributed by atoms with Crippen LogP contribution in [0.5, 0.6) is 0 Å². The molecule has 0 fully saturated rings. The maximum absolute atomic E-state index is 10.9. The summed E-state index contributed by atoms with van der Waals surface area (Å²) in [5.41, 5.74) is 0.321. The summed E-state index contributed by atoms with van der Waals surface area (Å²) < 4.78 is 47.3. The predicted octanol–water partition coefficient (Wildman–Crippen LogP) is 0.120. The molecule has 0 rings (SSSR count). The van der Waals surface area contributed by atoms with Crippen LogP contribution in [0.15, 0.2) is 12.2 Å². The maximum atomic E-state index is 10.9. The highest BCUT2D eigenvalue weighted by atomic mass is 32.3. The smallest absolute Gasteiger partial charge is 0.397 e. The normalized spacial score (nSPS) is 10.7. The molecule has 0 aliphatic heterocycles. The molecular formula is C10H21NO8S. The van der Waals surface area contributed by atoms with Gasteiger partial charge >= 0.3 is 16.4 Å². The monoisotopic (exact) mass is 315 g/mol. The number of esters is 1. The molecular weight excluding hydrogens is 294 g/mol. The van der Waals surface area contributed by atoms with E-state index in [9.17, 15) is 13.2 Å². The lowest BCUT2D eigenvalue weighted by Crippen LogP contribution is -2.15. The van der Waals surface area contributed by atoms with Crippen LogP contribution in [0.25, 0.3) is 0 Å². The van der Waals surface area contributed by atoms with Gasteiger partial charge in [0.25, 0.3) is 0 Å². The minimum absolute atomic E-state index is 0. The molecule has 0 aromatic rings. The Labute approximate surface area is 118 Å². The molecule has 0 aliphatic carbocycles. The van der Waals surface area contributed by atoms with E-state index < -0.39 is 16.4 Å². The number of carbonyl (C=O) groups is 1. The van der Waals surface area contributed by atoms with E-state index in [0.717, 1.165) is 0 Å². The lowest BCUT2D eigenvalue weighted by molar-refractivity contribution is -0.140. The van der Waals surface area contributed by atoms with Crippen molar-refractivity contribution >= 4 is 16.4 Å². The second-order valence-corrected chi connectivity index (χ2v) is 4.48. The lowest BCUT2D eigenvalue weighted by Gasteiger charge is -2.06. The highest BCUT2D eigenvalue weighted by Gasteiger charge is 2.03. The number of carbonyl (C=O) groups excluding carboxylic acids is 1. The molecule has 0 aromatic heterocycles. The first-order valence-electron chi connectivity index (χ1n) is 5.43. The molecule has 0 saturated carbocycles. The van der Waals surface area contributed by atoms with E-state index in [0.29, 0.717) is 5.57 Å². The van der Waals surface area contributed by atoms with Crippen LogP contribution < -0.4 is 6.15 Å². The molecule has 0 aromatic carbocycles. The molecule has 20 heavy (non-hydrogen) atoms. The van der Waals surface area contributed by atoms with Gasteiger partial charge in [-0.2, -0.15) is 8.42 Å². The molecule has 0 atom stereocenters. The number of hydrogen-bond donors (Lipinski definition) is 2. The third-order valence-corrected chi connectivity index (χ3v) is 2.11.